The number of allylic oxidation sites excluding steroid dienone is 1. The zero-order chi connectivity index (χ0) is 11.9. The van der Waals surface area contributed by atoms with Crippen molar-refractivity contribution in [2.24, 2.45) is 0 Å². The molecule has 0 bridgehead atoms. The van der Waals surface area contributed by atoms with E-state index in [0.717, 1.165) is 19.6 Å². The van der Waals surface area contributed by atoms with E-state index in [-0.39, 0.29) is 5.60 Å². The number of ether oxygens (including phenoxy) is 1. The number of hydrogen-bond donors (Lipinski definition) is 1. The molecule has 0 aromatic carbocycles. The lowest BCUT2D eigenvalue weighted by Crippen LogP contribution is -2.49. The van der Waals surface area contributed by atoms with Gasteiger partial charge in [0.2, 0.25) is 0 Å². The first kappa shape index (κ1) is 14.7. The third kappa shape index (κ3) is 4.80. The van der Waals surface area contributed by atoms with E-state index in [1.807, 2.05) is 0 Å². The van der Waals surface area contributed by atoms with Crippen LogP contribution in [0.2, 0.25) is 0 Å². The van der Waals surface area contributed by atoms with Crippen LogP contribution in [0.3, 0.4) is 0 Å². The van der Waals surface area contributed by atoms with Crippen molar-refractivity contribution in [3.63, 3.8) is 0 Å². The highest BCUT2D eigenvalue weighted by Crippen LogP contribution is 2.22. The van der Waals surface area contributed by atoms with Gasteiger partial charge in [-0.05, 0) is 40.7 Å². The van der Waals surface area contributed by atoms with Gasteiger partial charge in [-0.3, -0.25) is 0 Å². The molecule has 0 saturated heterocycles. The molecule has 0 rings (SSSR count). The molecule has 2 heteroatoms. The van der Waals surface area contributed by atoms with Crippen LogP contribution in [0, 0.1) is 0 Å². The van der Waals surface area contributed by atoms with Crippen molar-refractivity contribution in [3.05, 3.63) is 11.6 Å². The van der Waals surface area contributed by atoms with Gasteiger partial charge in [0.1, 0.15) is 0 Å². The summed E-state index contributed by atoms with van der Waals surface area (Å²) in [6.07, 6.45) is 3.28. The van der Waals surface area contributed by atoms with Gasteiger partial charge in [-0.15, -0.1) is 0 Å². The van der Waals surface area contributed by atoms with Gasteiger partial charge in [0.15, 0.2) is 0 Å². The topological polar surface area (TPSA) is 21.3 Å². The second-order valence-electron chi connectivity index (χ2n) is 4.38. The van der Waals surface area contributed by atoms with Crippen LogP contribution in [0.5, 0.6) is 0 Å². The lowest BCUT2D eigenvalue weighted by molar-refractivity contribution is -0.0438. The maximum absolute atomic E-state index is 5.89. The van der Waals surface area contributed by atoms with Crippen LogP contribution < -0.4 is 5.32 Å². The molecule has 0 heterocycles. The van der Waals surface area contributed by atoms with Crippen LogP contribution in [0.4, 0.5) is 0 Å². The molecule has 2 nitrogen and oxygen atoms in total. The molecule has 90 valence electrons. The minimum Gasteiger partial charge on any atom is -0.374 e. The van der Waals surface area contributed by atoms with Gasteiger partial charge in [0.25, 0.3) is 0 Å². The maximum Gasteiger partial charge on any atom is 0.0839 e. The fraction of sp³-hybridized carbons (Fsp3) is 0.846. The van der Waals surface area contributed by atoms with E-state index < -0.39 is 0 Å². The van der Waals surface area contributed by atoms with Gasteiger partial charge in [0.05, 0.1) is 11.6 Å². The van der Waals surface area contributed by atoms with E-state index in [9.17, 15) is 0 Å². The fourth-order valence-corrected chi connectivity index (χ4v) is 1.75. The summed E-state index contributed by atoms with van der Waals surface area (Å²) in [5.74, 6) is 0. The Hall–Kier alpha value is -0.340. The highest BCUT2D eigenvalue weighted by molar-refractivity contribution is 5.08. The van der Waals surface area contributed by atoms with E-state index in [4.69, 9.17) is 4.74 Å². The third-order valence-electron chi connectivity index (χ3n) is 2.76. The van der Waals surface area contributed by atoms with Crippen LogP contribution >= 0.6 is 0 Å². The molecule has 0 amide bonds. The average Bonchev–Trinajstić information content (AvgIpc) is 2.17. The number of rotatable bonds is 7. The van der Waals surface area contributed by atoms with Gasteiger partial charge in [0, 0.05) is 6.61 Å². The molecular weight excluding hydrogens is 186 g/mol. The SMILES string of the molecule is CCNC(C=C(C)C)C(C)(CC)OCC. The maximum atomic E-state index is 5.89. The number of likely N-dealkylation sites (N-methyl/N-ethyl adjacent to an activating group) is 1. The van der Waals surface area contributed by atoms with E-state index in [1.54, 1.807) is 0 Å². The van der Waals surface area contributed by atoms with Crippen molar-refractivity contribution in [2.45, 2.75) is 59.6 Å². The summed E-state index contributed by atoms with van der Waals surface area (Å²) >= 11 is 0. The van der Waals surface area contributed by atoms with Gasteiger partial charge in [-0.2, -0.15) is 0 Å². The summed E-state index contributed by atoms with van der Waals surface area (Å²) in [6, 6.07) is 0.303. The minimum absolute atomic E-state index is 0.0952. The largest absolute Gasteiger partial charge is 0.374 e. The Morgan fingerprint density at radius 3 is 2.27 bits per heavy atom. The smallest absolute Gasteiger partial charge is 0.0839 e. The lowest BCUT2D eigenvalue weighted by Gasteiger charge is -2.36. The zero-order valence-corrected chi connectivity index (χ0v) is 11.2. The normalized spacial score (nSPS) is 16.9. The standard InChI is InChI=1S/C13H27NO/c1-7-13(6,15-9-3)12(14-8-2)10-11(4)5/h10,12,14H,7-9H2,1-6H3. The van der Waals surface area contributed by atoms with Gasteiger partial charge < -0.3 is 10.1 Å². The highest BCUT2D eigenvalue weighted by atomic mass is 16.5. The van der Waals surface area contributed by atoms with Crippen molar-refractivity contribution < 1.29 is 4.74 Å². The fourth-order valence-electron chi connectivity index (χ4n) is 1.75. The molecule has 0 aliphatic rings. The molecule has 0 aromatic heterocycles. The molecule has 1 N–H and O–H groups in total. The van der Waals surface area contributed by atoms with Gasteiger partial charge in [-0.1, -0.05) is 25.5 Å². The molecular formula is C13H27NO. The first-order valence-electron chi connectivity index (χ1n) is 6.02. The van der Waals surface area contributed by atoms with Crippen LogP contribution in [0.15, 0.2) is 11.6 Å². The van der Waals surface area contributed by atoms with Gasteiger partial charge in [-0.25, -0.2) is 0 Å². The predicted molar refractivity (Wildman–Crippen MR) is 67.2 cm³/mol. The Morgan fingerprint density at radius 1 is 1.33 bits per heavy atom. The molecule has 0 fully saturated rings. The highest BCUT2D eigenvalue weighted by Gasteiger charge is 2.30. The quantitative estimate of drug-likeness (QED) is 0.656. The molecule has 0 radical (unpaired) electrons. The van der Waals surface area contributed by atoms with Crippen molar-refractivity contribution in [3.8, 4) is 0 Å². The summed E-state index contributed by atoms with van der Waals surface area (Å²) in [4.78, 5) is 0. The third-order valence-corrected chi connectivity index (χ3v) is 2.76. The van der Waals surface area contributed by atoms with Crippen molar-refractivity contribution in [1.29, 1.82) is 0 Å². The summed E-state index contributed by atoms with van der Waals surface area (Å²) in [5, 5.41) is 3.49. The summed E-state index contributed by atoms with van der Waals surface area (Å²) in [5.41, 5.74) is 1.24. The van der Waals surface area contributed by atoms with E-state index in [0.29, 0.717) is 6.04 Å². The van der Waals surface area contributed by atoms with Crippen LogP contribution in [-0.4, -0.2) is 24.8 Å². The Morgan fingerprint density at radius 2 is 1.93 bits per heavy atom. The second kappa shape index (κ2) is 7.02. The molecule has 0 aliphatic carbocycles. The van der Waals surface area contributed by atoms with E-state index >= 15 is 0 Å². The van der Waals surface area contributed by atoms with Crippen molar-refractivity contribution >= 4 is 0 Å². The van der Waals surface area contributed by atoms with Crippen LogP contribution in [0.1, 0.15) is 48.0 Å². The molecule has 0 aromatic rings. The molecule has 0 saturated carbocycles. The summed E-state index contributed by atoms with van der Waals surface area (Å²) in [7, 11) is 0. The van der Waals surface area contributed by atoms with E-state index in [1.165, 1.54) is 5.57 Å². The predicted octanol–water partition coefficient (Wildman–Crippen LogP) is 3.14. The first-order valence-corrected chi connectivity index (χ1v) is 6.02. The summed E-state index contributed by atoms with van der Waals surface area (Å²) < 4.78 is 5.89. The Kier molecular flexibility index (Phi) is 6.86. The second-order valence-corrected chi connectivity index (χ2v) is 4.38. The van der Waals surface area contributed by atoms with Crippen molar-refractivity contribution in [1.82, 2.24) is 5.32 Å². The number of hydrogen-bond acceptors (Lipinski definition) is 2. The first-order chi connectivity index (χ1) is 7.00. The molecule has 2 unspecified atom stereocenters. The molecule has 15 heavy (non-hydrogen) atoms. The summed E-state index contributed by atoms with van der Waals surface area (Å²) in [6.45, 7) is 14.5. The Labute approximate surface area is 95.1 Å². The van der Waals surface area contributed by atoms with Crippen LogP contribution in [-0.2, 0) is 4.74 Å². The van der Waals surface area contributed by atoms with Crippen LogP contribution in [0.25, 0.3) is 0 Å². The Bertz CT molecular complexity index is 197. The average molecular weight is 213 g/mol. The Balaban J connectivity index is 4.75. The zero-order valence-electron chi connectivity index (χ0n) is 11.2. The lowest BCUT2D eigenvalue weighted by atomic mass is 9.91. The van der Waals surface area contributed by atoms with Gasteiger partial charge >= 0.3 is 0 Å². The molecule has 0 aliphatic heterocycles. The minimum atomic E-state index is -0.0952. The monoisotopic (exact) mass is 213 g/mol. The van der Waals surface area contributed by atoms with Crippen molar-refractivity contribution in [2.75, 3.05) is 13.2 Å². The molecule has 0 spiro atoms. The molecule has 2 atom stereocenters. The van der Waals surface area contributed by atoms with E-state index in [2.05, 4.69) is 52.9 Å². The number of nitrogens with one attached hydrogen (secondary N) is 1.